The first-order valence-electron chi connectivity index (χ1n) is 13.7. The molecule has 3 N–H and O–H groups in total. The maximum Gasteiger partial charge on any atom is 0.243 e. The first kappa shape index (κ1) is 29.9. The van der Waals surface area contributed by atoms with Crippen LogP contribution >= 0.6 is 0 Å². The number of fused-ring (bicyclic) bond motifs is 1. The van der Waals surface area contributed by atoms with E-state index in [4.69, 9.17) is 14.6 Å². The van der Waals surface area contributed by atoms with Gasteiger partial charge in [-0.2, -0.15) is 4.31 Å². The summed E-state index contributed by atoms with van der Waals surface area (Å²) >= 11 is 0. The number of aliphatic hydroxyl groups excluding tert-OH is 2. The average Bonchev–Trinajstić information content (AvgIpc) is 3.37. The van der Waals surface area contributed by atoms with Crippen LogP contribution in [0.25, 0.3) is 10.8 Å². The Morgan fingerprint density at radius 2 is 1.73 bits per heavy atom. The van der Waals surface area contributed by atoms with Crippen LogP contribution in [0.2, 0.25) is 0 Å². The highest BCUT2D eigenvalue weighted by atomic mass is 32.2. The molecule has 2 fully saturated rings. The summed E-state index contributed by atoms with van der Waals surface area (Å²) in [5, 5.41) is 24.6. The molecule has 2 aliphatic heterocycles. The fraction of sp³-hybridized carbons (Fsp3) is 0.448. The molecule has 1 unspecified atom stereocenters. The largest absolute Gasteiger partial charge is 0.491 e. The summed E-state index contributed by atoms with van der Waals surface area (Å²) in [7, 11) is -7.20. The van der Waals surface area contributed by atoms with Crippen molar-refractivity contribution >= 4 is 30.6 Å². The second-order valence-corrected chi connectivity index (χ2v) is 14.7. The fourth-order valence-electron chi connectivity index (χ4n) is 5.48. The maximum absolute atomic E-state index is 13.3. The number of aliphatic hydroxyl groups is 2. The van der Waals surface area contributed by atoms with Crippen molar-refractivity contribution in [3.05, 3.63) is 66.7 Å². The second kappa shape index (κ2) is 12.3. The molecule has 1 spiro atoms. The second-order valence-electron chi connectivity index (χ2n) is 10.7. The first-order chi connectivity index (χ1) is 19.6. The van der Waals surface area contributed by atoms with Crippen LogP contribution in [-0.4, -0.2) is 94.3 Å². The molecule has 3 aromatic carbocycles. The van der Waals surface area contributed by atoms with Gasteiger partial charge in [0.2, 0.25) is 10.0 Å². The Balaban J connectivity index is 1.09. The lowest BCUT2D eigenvalue weighted by atomic mass is 9.88. The Labute approximate surface area is 240 Å². The van der Waals surface area contributed by atoms with E-state index >= 15 is 0 Å². The predicted octanol–water partition coefficient (Wildman–Crippen LogP) is 1.95. The van der Waals surface area contributed by atoms with E-state index in [9.17, 15) is 21.9 Å². The van der Waals surface area contributed by atoms with Gasteiger partial charge < -0.3 is 25.0 Å². The molecule has 2 saturated heterocycles. The highest BCUT2D eigenvalue weighted by molar-refractivity contribution is 7.91. The number of nitrogens with one attached hydrogen (secondary N) is 1. The number of sulfonamides is 1. The van der Waals surface area contributed by atoms with E-state index in [1.807, 2.05) is 30.3 Å². The highest BCUT2D eigenvalue weighted by Gasteiger charge is 2.44. The van der Waals surface area contributed by atoms with Crippen LogP contribution in [0.5, 0.6) is 5.75 Å². The lowest BCUT2D eigenvalue weighted by Crippen LogP contribution is -2.47. The van der Waals surface area contributed by atoms with Crippen LogP contribution in [0, 0.1) is 0 Å². The molecule has 12 heteroatoms. The topological polar surface area (TPSA) is 142 Å². The van der Waals surface area contributed by atoms with Crippen LogP contribution in [0.1, 0.15) is 19.3 Å². The van der Waals surface area contributed by atoms with E-state index in [2.05, 4.69) is 5.32 Å². The lowest BCUT2D eigenvalue weighted by molar-refractivity contribution is -0.0312. The van der Waals surface area contributed by atoms with Gasteiger partial charge in [0.15, 0.2) is 9.84 Å². The van der Waals surface area contributed by atoms with Gasteiger partial charge in [0, 0.05) is 25.7 Å². The Hall–Kier alpha value is -2.58. The number of benzene rings is 3. The summed E-state index contributed by atoms with van der Waals surface area (Å²) in [4.78, 5) is 0.356. The van der Waals surface area contributed by atoms with Crippen LogP contribution in [0.3, 0.4) is 0 Å². The normalized spacial score (nSPS) is 20.4. The highest BCUT2D eigenvalue weighted by Crippen LogP contribution is 2.37. The number of rotatable bonds is 11. The van der Waals surface area contributed by atoms with E-state index in [0.29, 0.717) is 43.2 Å². The van der Waals surface area contributed by atoms with E-state index in [1.165, 1.54) is 16.4 Å². The zero-order chi connectivity index (χ0) is 29.1. The Morgan fingerprint density at radius 1 is 0.976 bits per heavy atom. The SMILES string of the molecule is O=S(=O)(CCO)c1cccc(OCC(O)CN[C@@H]2COC3(CCN(S(=O)(=O)c4ccc5ccccc5c4)CC3)C2)c1. The van der Waals surface area contributed by atoms with E-state index in [-0.39, 0.29) is 29.8 Å². The lowest BCUT2D eigenvalue weighted by Gasteiger charge is -2.38. The third-order valence-corrected chi connectivity index (χ3v) is 11.4. The van der Waals surface area contributed by atoms with Crippen molar-refractivity contribution in [2.45, 2.75) is 46.8 Å². The molecule has 2 aliphatic rings. The first-order valence-corrected chi connectivity index (χ1v) is 16.8. The van der Waals surface area contributed by atoms with Crippen molar-refractivity contribution in [3.8, 4) is 5.75 Å². The standard InChI is InChI=1S/C29H36N2O8S2/c32-14-15-40(34,35)27-7-3-6-26(17-27)38-21-25(33)19-30-24-18-29(39-20-24)10-12-31(13-11-29)41(36,37)28-9-8-22-4-1-2-5-23(22)16-28/h1-9,16-17,24-25,30,32-33H,10-15,18-21H2/t24-,25?/m0/s1. The molecule has 2 atom stereocenters. The van der Waals surface area contributed by atoms with Gasteiger partial charge in [0.25, 0.3) is 0 Å². The van der Waals surface area contributed by atoms with Gasteiger partial charge in [-0.3, -0.25) is 0 Å². The molecule has 0 saturated carbocycles. The molecule has 41 heavy (non-hydrogen) atoms. The van der Waals surface area contributed by atoms with Gasteiger partial charge in [-0.1, -0.05) is 36.4 Å². The Kier molecular flexibility index (Phi) is 9.00. The molecule has 222 valence electrons. The van der Waals surface area contributed by atoms with Gasteiger partial charge >= 0.3 is 0 Å². The van der Waals surface area contributed by atoms with Crippen molar-refractivity contribution in [2.75, 3.05) is 45.2 Å². The Bertz CT molecular complexity index is 1570. The predicted molar refractivity (Wildman–Crippen MR) is 154 cm³/mol. The van der Waals surface area contributed by atoms with Crippen molar-refractivity contribution in [3.63, 3.8) is 0 Å². The van der Waals surface area contributed by atoms with Crippen molar-refractivity contribution in [1.82, 2.24) is 9.62 Å². The zero-order valence-corrected chi connectivity index (χ0v) is 24.3. The zero-order valence-electron chi connectivity index (χ0n) is 22.7. The molecule has 5 rings (SSSR count). The smallest absolute Gasteiger partial charge is 0.243 e. The summed E-state index contributed by atoms with van der Waals surface area (Å²) in [6, 6.07) is 18.9. The molecule has 0 amide bonds. The number of piperidine rings is 1. The molecule has 0 aliphatic carbocycles. The minimum atomic E-state index is -3.61. The van der Waals surface area contributed by atoms with Gasteiger partial charge in [-0.25, -0.2) is 16.8 Å². The Morgan fingerprint density at radius 3 is 2.49 bits per heavy atom. The molecule has 3 aromatic rings. The molecular formula is C29H36N2O8S2. The van der Waals surface area contributed by atoms with Gasteiger partial charge in [0.1, 0.15) is 18.5 Å². The van der Waals surface area contributed by atoms with E-state index < -0.39 is 38.2 Å². The van der Waals surface area contributed by atoms with E-state index in [1.54, 1.807) is 24.3 Å². The number of hydrogen-bond acceptors (Lipinski definition) is 9. The average molecular weight is 605 g/mol. The molecule has 10 nitrogen and oxygen atoms in total. The van der Waals surface area contributed by atoms with E-state index in [0.717, 1.165) is 17.2 Å². The summed E-state index contributed by atoms with van der Waals surface area (Å²) in [6.07, 6.45) is 1.08. The van der Waals surface area contributed by atoms with Crippen molar-refractivity contribution in [1.29, 1.82) is 0 Å². The number of hydrogen-bond donors (Lipinski definition) is 3. The molecule has 2 heterocycles. The van der Waals surface area contributed by atoms with Crippen LogP contribution < -0.4 is 10.1 Å². The molecule has 0 radical (unpaired) electrons. The minimum absolute atomic E-state index is 0.0141. The van der Waals surface area contributed by atoms with Crippen LogP contribution in [-0.2, 0) is 24.6 Å². The van der Waals surface area contributed by atoms with Crippen LogP contribution in [0.4, 0.5) is 0 Å². The third kappa shape index (κ3) is 6.91. The summed E-state index contributed by atoms with van der Waals surface area (Å²) in [6.45, 7) is 0.991. The summed E-state index contributed by atoms with van der Waals surface area (Å²) in [5.74, 6) is -0.0525. The molecule has 0 aromatic heterocycles. The third-order valence-electron chi connectivity index (χ3n) is 7.81. The van der Waals surface area contributed by atoms with Gasteiger partial charge in [0.05, 0.1) is 34.4 Å². The van der Waals surface area contributed by atoms with Gasteiger partial charge in [-0.05, 0) is 60.4 Å². The number of sulfone groups is 1. The quantitative estimate of drug-likeness (QED) is 0.299. The summed E-state index contributed by atoms with van der Waals surface area (Å²) < 4.78 is 64.3. The van der Waals surface area contributed by atoms with Crippen LogP contribution in [0.15, 0.2) is 76.5 Å². The monoisotopic (exact) mass is 604 g/mol. The molecular weight excluding hydrogens is 568 g/mol. The summed E-state index contributed by atoms with van der Waals surface area (Å²) in [5.41, 5.74) is -0.394. The van der Waals surface area contributed by atoms with Crippen molar-refractivity contribution in [2.24, 2.45) is 0 Å². The fourth-order valence-corrected chi connectivity index (χ4v) is 8.02. The molecule has 0 bridgehead atoms. The number of ether oxygens (including phenoxy) is 2. The number of nitrogens with zero attached hydrogens (tertiary/aromatic N) is 1. The minimum Gasteiger partial charge on any atom is -0.491 e. The maximum atomic E-state index is 13.3. The van der Waals surface area contributed by atoms with Gasteiger partial charge in [-0.15, -0.1) is 0 Å². The van der Waals surface area contributed by atoms with Crippen molar-refractivity contribution < 1.29 is 36.5 Å².